The van der Waals surface area contributed by atoms with Crippen molar-refractivity contribution in [3.8, 4) is 0 Å². The monoisotopic (exact) mass is 304 g/mol. The van der Waals surface area contributed by atoms with Gasteiger partial charge in [-0.3, -0.25) is 0 Å². The van der Waals surface area contributed by atoms with Gasteiger partial charge in [0.05, 0.1) is 0 Å². The quantitative estimate of drug-likeness (QED) is 0.849. The smallest absolute Gasteiger partial charge is 0.317 e. The summed E-state index contributed by atoms with van der Waals surface area (Å²) < 4.78 is 0. The van der Waals surface area contributed by atoms with Crippen molar-refractivity contribution < 1.29 is 9.90 Å². The Morgan fingerprint density at radius 2 is 2.18 bits per heavy atom. The molecule has 0 saturated carbocycles. The minimum atomic E-state index is 0.0209. The van der Waals surface area contributed by atoms with Crippen LogP contribution in [0.3, 0.4) is 0 Å². The second-order valence-electron chi connectivity index (χ2n) is 6.26. The Kier molecular flexibility index (Phi) is 6.72. The van der Waals surface area contributed by atoms with Gasteiger partial charge in [-0.05, 0) is 37.2 Å². The lowest BCUT2D eigenvalue weighted by Crippen LogP contribution is -2.49. The lowest BCUT2D eigenvalue weighted by atomic mass is 9.99. The van der Waals surface area contributed by atoms with Crippen LogP contribution in [-0.4, -0.2) is 41.8 Å². The predicted molar refractivity (Wildman–Crippen MR) is 88.8 cm³/mol. The van der Waals surface area contributed by atoms with E-state index < -0.39 is 0 Å². The lowest BCUT2D eigenvalue weighted by molar-refractivity contribution is 0.127. The summed E-state index contributed by atoms with van der Waals surface area (Å²) in [7, 11) is 0. The molecule has 0 radical (unpaired) electrons. The summed E-state index contributed by atoms with van der Waals surface area (Å²) in [6.45, 7) is 3.79. The second-order valence-corrected chi connectivity index (χ2v) is 6.26. The number of carbonyl (C=O) groups excluding carboxylic acids is 1. The molecule has 2 unspecified atom stereocenters. The number of carbonyl (C=O) groups is 1. The number of nitrogens with zero attached hydrogens (tertiary/aromatic N) is 1. The van der Waals surface area contributed by atoms with Crippen LogP contribution < -0.4 is 5.32 Å². The number of hydrogen-bond acceptors (Lipinski definition) is 2. The van der Waals surface area contributed by atoms with E-state index in [-0.39, 0.29) is 24.6 Å². The Morgan fingerprint density at radius 3 is 2.86 bits per heavy atom. The van der Waals surface area contributed by atoms with Crippen molar-refractivity contribution in [2.45, 2.75) is 45.1 Å². The van der Waals surface area contributed by atoms with Crippen LogP contribution in [-0.2, 0) is 6.42 Å². The summed E-state index contributed by atoms with van der Waals surface area (Å²) in [6, 6.07) is 10.5. The van der Waals surface area contributed by atoms with E-state index in [1.807, 2.05) is 23.1 Å². The Morgan fingerprint density at radius 1 is 1.41 bits per heavy atom. The highest BCUT2D eigenvalue weighted by Gasteiger charge is 2.24. The number of rotatable bonds is 6. The zero-order valence-corrected chi connectivity index (χ0v) is 13.5. The number of aliphatic hydroxyl groups excluding tert-OH is 1. The maximum Gasteiger partial charge on any atom is 0.317 e. The zero-order valence-electron chi connectivity index (χ0n) is 13.5. The van der Waals surface area contributed by atoms with Crippen molar-refractivity contribution in [3.63, 3.8) is 0 Å². The van der Waals surface area contributed by atoms with E-state index in [9.17, 15) is 9.90 Å². The number of urea groups is 1. The van der Waals surface area contributed by atoms with E-state index in [1.165, 1.54) is 5.56 Å². The lowest BCUT2D eigenvalue weighted by Gasteiger charge is -2.33. The third-order valence-electron chi connectivity index (χ3n) is 4.35. The second kappa shape index (κ2) is 8.79. The fraction of sp³-hybridized carbons (Fsp3) is 0.611. The maximum atomic E-state index is 12.5. The van der Waals surface area contributed by atoms with Gasteiger partial charge in [0.25, 0.3) is 0 Å². The van der Waals surface area contributed by atoms with Crippen LogP contribution in [0.25, 0.3) is 0 Å². The first-order valence-electron chi connectivity index (χ1n) is 8.43. The third kappa shape index (κ3) is 5.02. The molecule has 1 saturated heterocycles. The molecular formula is C18H28N2O2. The van der Waals surface area contributed by atoms with Gasteiger partial charge in [0.15, 0.2) is 0 Å². The number of hydrogen-bond donors (Lipinski definition) is 2. The number of nitrogens with one attached hydrogen (secondary N) is 1. The van der Waals surface area contributed by atoms with Crippen LogP contribution >= 0.6 is 0 Å². The van der Waals surface area contributed by atoms with E-state index in [4.69, 9.17) is 0 Å². The van der Waals surface area contributed by atoms with Crippen molar-refractivity contribution >= 4 is 6.03 Å². The first-order valence-corrected chi connectivity index (χ1v) is 8.43. The Hall–Kier alpha value is -1.55. The van der Waals surface area contributed by atoms with Gasteiger partial charge in [-0.2, -0.15) is 0 Å². The summed E-state index contributed by atoms with van der Waals surface area (Å²) in [5, 5.41) is 12.5. The largest absolute Gasteiger partial charge is 0.396 e. The molecule has 0 aliphatic carbocycles. The Bertz CT molecular complexity index is 450. The highest BCUT2D eigenvalue weighted by atomic mass is 16.3. The summed E-state index contributed by atoms with van der Waals surface area (Å²) in [4.78, 5) is 14.3. The molecule has 0 bridgehead atoms. The van der Waals surface area contributed by atoms with Crippen LogP contribution in [0.5, 0.6) is 0 Å². The van der Waals surface area contributed by atoms with E-state index in [2.05, 4.69) is 24.4 Å². The fourth-order valence-corrected chi connectivity index (χ4v) is 3.14. The standard InChI is InChI=1S/C18H28N2O2/c1-2-7-17(12-15-8-4-3-5-9-15)19-18(22)20-11-6-10-16(13-20)14-21/h3-5,8-9,16-17,21H,2,6-7,10-14H2,1H3,(H,19,22). The van der Waals surface area contributed by atoms with Gasteiger partial charge in [-0.1, -0.05) is 43.7 Å². The van der Waals surface area contributed by atoms with Crippen LogP contribution in [0.4, 0.5) is 4.79 Å². The van der Waals surface area contributed by atoms with Crippen LogP contribution in [0.1, 0.15) is 38.2 Å². The topological polar surface area (TPSA) is 52.6 Å². The molecule has 2 rings (SSSR count). The molecule has 1 heterocycles. The van der Waals surface area contributed by atoms with Crippen molar-refractivity contribution in [3.05, 3.63) is 35.9 Å². The minimum Gasteiger partial charge on any atom is -0.396 e. The molecule has 22 heavy (non-hydrogen) atoms. The van der Waals surface area contributed by atoms with Gasteiger partial charge in [0.2, 0.25) is 0 Å². The zero-order chi connectivity index (χ0) is 15.8. The molecule has 1 aromatic rings. The van der Waals surface area contributed by atoms with Crippen LogP contribution in [0.15, 0.2) is 30.3 Å². The van der Waals surface area contributed by atoms with Crippen LogP contribution in [0.2, 0.25) is 0 Å². The summed E-state index contributed by atoms with van der Waals surface area (Å²) in [5.74, 6) is 0.234. The molecule has 0 spiro atoms. The predicted octanol–water partition coefficient (Wildman–Crippen LogP) is 2.81. The highest BCUT2D eigenvalue weighted by molar-refractivity contribution is 5.74. The van der Waals surface area contributed by atoms with E-state index in [0.29, 0.717) is 6.54 Å². The highest BCUT2D eigenvalue weighted by Crippen LogP contribution is 2.16. The summed E-state index contributed by atoms with van der Waals surface area (Å²) in [5.41, 5.74) is 1.26. The fourth-order valence-electron chi connectivity index (χ4n) is 3.14. The number of piperidine rings is 1. The van der Waals surface area contributed by atoms with E-state index in [1.54, 1.807) is 0 Å². The molecule has 122 valence electrons. The van der Waals surface area contributed by atoms with E-state index >= 15 is 0 Å². The normalized spacial score (nSPS) is 19.7. The Labute approximate surface area is 133 Å². The number of benzene rings is 1. The molecule has 2 atom stereocenters. The third-order valence-corrected chi connectivity index (χ3v) is 4.35. The average Bonchev–Trinajstić information content (AvgIpc) is 2.56. The average molecular weight is 304 g/mol. The molecular weight excluding hydrogens is 276 g/mol. The van der Waals surface area contributed by atoms with Crippen LogP contribution in [0, 0.1) is 5.92 Å². The molecule has 2 amide bonds. The molecule has 1 aromatic carbocycles. The van der Waals surface area contributed by atoms with Gasteiger partial charge >= 0.3 is 6.03 Å². The number of amides is 2. The van der Waals surface area contributed by atoms with Gasteiger partial charge in [-0.25, -0.2) is 4.79 Å². The molecule has 1 aliphatic rings. The molecule has 4 nitrogen and oxygen atoms in total. The number of likely N-dealkylation sites (tertiary alicyclic amines) is 1. The molecule has 4 heteroatoms. The maximum absolute atomic E-state index is 12.5. The molecule has 1 aliphatic heterocycles. The van der Waals surface area contributed by atoms with E-state index in [0.717, 1.165) is 38.6 Å². The molecule has 2 N–H and O–H groups in total. The van der Waals surface area contributed by atoms with Crippen molar-refractivity contribution in [2.75, 3.05) is 19.7 Å². The minimum absolute atomic E-state index is 0.0209. The van der Waals surface area contributed by atoms with Crippen molar-refractivity contribution in [2.24, 2.45) is 5.92 Å². The van der Waals surface area contributed by atoms with Gasteiger partial charge in [0, 0.05) is 25.7 Å². The van der Waals surface area contributed by atoms with Gasteiger partial charge < -0.3 is 15.3 Å². The first kappa shape index (κ1) is 16.8. The first-order chi connectivity index (χ1) is 10.7. The summed E-state index contributed by atoms with van der Waals surface area (Å²) in [6.07, 6.45) is 4.91. The number of aliphatic hydroxyl groups is 1. The van der Waals surface area contributed by atoms with Crippen molar-refractivity contribution in [1.29, 1.82) is 0 Å². The van der Waals surface area contributed by atoms with Gasteiger partial charge in [0.1, 0.15) is 0 Å². The Balaban J connectivity index is 1.90. The van der Waals surface area contributed by atoms with Crippen molar-refractivity contribution in [1.82, 2.24) is 10.2 Å². The van der Waals surface area contributed by atoms with Gasteiger partial charge in [-0.15, -0.1) is 0 Å². The molecule has 0 aromatic heterocycles. The summed E-state index contributed by atoms with van der Waals surface area (Å²) >= 11 is 0. The molecule has 1 fully saturated rings. The SMILES string of the molecule is CCCC(Cc1ccccc1)NC(=O)N1CCCC(CO)C1.